The lowest BCUT2D eigenvalue weighted by atomic mass is 10.1. The van der Waals surface area contributed by atoms with Gasteiger partial charge in [-0.05, 0) is 30.4 Å². The van der Waals surface area contributed by atoms with E-state index in [9.17, 15) is 8.42 Å². The van der Waals surface area contributed by atoms with Gasteiger partial charge in [0, 0.05) is 43.3 Å². The van der Waals surface area contributed by atoms with Gasteiger partial charge in [0.05, 0.1) is 18.3 Å². The van der Waals surface area contributed by atoms with Crippen LogP contribution in [0.5, 0.6) is 0 Å². The molecule has 1 aliphatic heterocycles. The highest BCUT2D eigenvalue weighted by Gasteiger charge is 2.25. The van der Waals surface area contributed by atoms with Crippen molar-refractivity contribution in [1.82, 2.24) is 19.2 Å². The van der Waals surface area contributed by atoms with Crippen molar-refractivity contribution in [2.75, 3.05) is 19.3 Å². The number of aromatic nitrogens is 2. The van der Waals surface area contributed by atoms with Crippen molar-refractivity contribution in [3.05, 3.63) is 40.1 Å². The van der Waals surface area contributed by atoms with Crippen molar-refractivity contribution < 1.29 is 8.42 Å². The first-order valence-electron chi connectivity index (χ1n) is 7.63. The summed E-state index contributed by atoms with van der Waals surface area (Å²) in [6.07, 6.45) is 5.72. The van der Waals surface area contributed by atoms with Crippen LogP contribution in [0.4, 0.5) is 0 Å². The second kappa shape index (κ2) is 6.72. The largest absolute Gasteiger partial charge is 0.329 e. The summed E-state index contributed by atoms with van der Waals surface area (Å²) >= 11 is 1.79. The molecule has 8 heteroatoms. The Hall–Kier alpha value is -1.22. The predicted molar refractivity (Wildman–Crippen MR) is 91.9 cm³/mol. The molecule has 0 bridgehead atoms. The first-order chi connectivity index (χ1) is 10.9. The zero-order valence-corrected chi connectivity index (χ0v) is 15.0. The van der Waals surface area contributed by atoms with Crippen LogP contribution in [0.1, 0.15) is 28.6 Å². The maximum Gasteiger partial charge on any atom is 0.208 e. The summed E-state index contributed by atoms with van der Waals surface area (Å²) < 4.78 is 27.3. The third kappa shape index (κ3) is 4.20. The highest BCUT2D eigenvalue weighted by Crippen LogP contribution is 2.26. The van der Waals surface area contributed by atoms with Gasteiger partial charge in [-0.1, -0.05) is 0 Å². The fourth-order valence-corrected chi connectivity index (χ4v) is 4.43. The van der Waals surface area contributed by atoms with E-state index in [0.717, 1.165) is 26.1 Å². The highest BCUT2D eigenvalue weighted by atomic mass is 32.2. The van der Waals surface area contributed by atoms with Crippen LogP contribution in [0.2, 0.25) is 0 Å². The molecule has 0 saturated heterocycles. The van der Waals surface area contributed by atoms with Gasteiger partial charge >= 0.3 is 0 Å². The highest BCUT2D eigenvalue weighted by molar-refractivity contribution is 7.88. The van der Waals surface area contributed by atoms with Crippen molar-refractivity contribution >= 4 is 21.4 Å². The Morgan fingerprint density at radius 1 is 1.48 bits per heavy atom. The van der Waals surface area contributed by atoms with E-state index in [0.29, 0.717) is 6.54 Å². The molecule has 2 aromatic heterocycles. The summed E-state index contributed by atoms with van der Waals surface area (Å²) in [5.74, 6) is 0. The zero-order valence-electron chi connectivity index (χ0n) is 13.4. The first-order valence-corrected chi connectivity index (χ1v) is 10.4. The number of nitrogens with zero attached hydrogens (tertiary/aromatic N) is 3. The second-order valence-electron chi connectivity index (χ2n) is 6.10. The van der Waals surface area contributed by atoms with Crippen LogP contribution >= 0.6 is 11.3 Å². The Labute approximate surface area is 141 Å². The SMILES string of the molecule is Cc1ccsc1CN1Cc2cncn2C(CCNS(C)(=O)=O)C1. The molecule has 0 aromatic carbocycles. The van der Waals surface area contributed by atoms with Crippen LogP contribution in [-0.4, -0.2) is 42.2 Å². The molecule has 126 valence electrons. The van der Waals surface area contributed by atoms with Crippen molar-refractivity contribution in [1.29, 1.82) is 0 Å². The molecule has 1 aliphatic rings. The number of hydrogen-bond acceptors (Lipinski definition) is 5. The number of hydrogen-bond donors (Lipinski definition) is 1. The van der Waals surface area contributed by atoms with E-state index < -0.39 is 10.0 Å². The van der Waals surface area contributed by atoms with E-state index in [2.05, 4.69) is 37.5 Å². The van der Waals surface area contributed by atoms with E-state index >= 15 is 0 Å². The van der Waals surface area contributed by atoms with Crippen molar-refractivity contribution in [3.8, 4) is 0 Å². The Kier molecular flexibility index (Phi) is 4.86. The van der Waals surface area contributed by atoms with Crippen LogP contribution in [0.3, 0.4) is 0 Å². The van der Waals surface area contributed by atoms with Gasteiger partial charge in [-0.15, -0.1) is 11.3 Å². The normalized spacial score (nSPS) is 19.0. The Morgan fingerprint density at radius 2 is 2.30 bits per heavy atom. The molecule has 0 fully saturated rings. The van der Waals surface area contributed by atoms with Gasteiger partial charge in [-0.25, -0.2) is 18.1 Å². The number of aryl methyl sites for hydroxylation is 1. The van der Waals surface area contributed by atoms with Gasteiger partial charge in [-0.3, -0.25) is 4.90 Å². The molecule has 0 amide bonds. The molecule has 6 nitrogen and oxygen atoms in total. The minimum Gasteiger partial charge on any atom is -0.329 e. The van der Waals surface area contributed by atoms with E-state index in [1.165, 1.54) is 22.4 Å². The van der Waals surface area contributed by atoms with Gasteiger partial charge in [0.25, 0.3) is 0 Å². The standard InChI is InChI=1S/C15H22N4O2S2/c1-12-4-6-22-15(12)10-18-8-13(3-5-17-23(2,20)21)19-11-16-7-14(19)9-18/h4,6-7,11,13,17H,3,5,8-10H2,1-2H3. The Balaban J connectivity index is 1.68. The van der Waals surface area contributed by atoms with E-state index in [1.54, 1.807) is 11.3 Å². The molecular formula is C15H22N4O2S2. The topological polar surface area (TPSA) is 67.2 Å². The molecule has 23 heavy (non-hydrogen) atoms. The van der Waals surface area contributed by atoms with Crippen molar-refractivity contribution in [2.45, 2.75) is 32.5 Å². The lowest BCUT2D eigenvalue weighted by molar-refractivity contribution is 0.173. The summed E-state index contributed by atoms with van der Waals surface area (Å²) in [6.45, 7) is 5.32. The third-order valence-electron chi connectivity index (χ3n) is 4.17. The molecule has 3 heterocycles. The molecule has 0 aliphatic carbocycles. The van der Waals surface area contributed by atoms with Crippen LogP contribution in [0, 0.1) is 6.92 Å². The molecule has 0 radical (unpaired) electrons. The molecule has 0 spiro atoms. The summed E-state index contributed by atoms with van der Waals surface area (Å²) in [4.78, 5) is 8.07. The number of imidazole rings is 1. The van der Waals surface area contributed by atoms with Crippen LogP contribution in [0.15, 0.2) is 24.0 Å². The molecule has 1 unspecified atom stereocenters. The summed E-state index contributed by atoms with van der Waals surface area (Å²) in [6, 6.07) is 2.40. The molecule has 3 rings (SSSR count). The number of thiophene rings is 1. The summed E-state index contributed by atoms with van der Waals surface area (Å²) in [5, 5.41) is 2.13. The Bertz CT molecular complexity index is 766. The lowest BCUT2D eigenvalue weighted by Gasteiger charge is -2.34. The number of sulfonamides is 1. The maximum atomic E-state index is 11.2. The van der Waals surface area contributed by atoms with Crippen molar-refractivity contribution in [3.63, 3.8) is 0 Å². The van der Waals surface area contributed by atoms with Crippen LogP contribution in [-0.2, 0) is 23.1 Å². The quantitative estimate of drug-likeness (QED) is 0.858. The molecule has 1 N–H and O–H groups in total. The monoisotopic (exact) mass is 354 g/mol. The Morgan fingerprint density at radius 3 is 3.00 bits per heavy atom. The van der Waals surface area contributed by atoms with Gasteiger partial charge in [0.2, 0.25) is 10.0 Å². The van der Waals surface area contributed by atoms with E-state index in [-0.39, 0.29) is 6.04 Å². The minimum absolute atomic E-state index is 0.246. The van der Waals surface area contributed by atoms with Gasteiger partial charge in [0.15, 0.2) is 0 Å². The maximum absolute atomic E-state index is 11.2. The predicted octanol–water partition coefficient (Wildman–Crippen LogP) is 1.75. The van der Waals surface area contributed by atoms with Gasteiger partial charge in [-0.2, -0.15) is 0 Å². The average molecular weight is 355 g/mol. The fourth-order valence-electron chi connectivity index (χ4n) is 2.99. The minimum atomic E-state index is -3.14. The molecule has 1 atom stereocenters. The van der Waals surface area contributed by atoms with Crippen LogP contribution < -0.4 is 4.72 Å². The molecular weight excluding hydrogens is 332 g/mol. The number of rotatable bonds is 6. The lowest BCUT2D eigenvalue weighted by Crippen LogP contribution is -2.38. The molecule has 2 aromatic rings. The van der Waals surface area contributed by atoms with E-state index in [1.807, 2.05) is 12.5 Å². The number of nitrogens with one attached hydrogen (secondary N) is 1. The molecule has 0 saturated carbocycles. The third-order valence-corrected chi connectivity index (χ3v) is 5.91. The van der Waals surface area contributed by atoms with Gasteiger partial charge < -0.3 is 4.57 Å². The summed E-state index contributed by atoms with van der Waals surface area (Å²) in [7, 11) is -3.14. The summed E-state index contributed by atoms with van der Waals surface area (Å²) in [5.41, 5.74) is 2.53. The number of fused-ring (bicyclic) bond motifs is 1. The smallest absolute Gasteiger partial charge is 0.208 e. The first kappa shape index (κ1) is 16.6. The zero-order chi connectivity index (χ0) is 16.4. The average Bonchev–Trinajstić information content (AvgIpc) is 3.07. The van der Waals surface area contributed by atoms with Crippen LogP contribution in [0.25, 0.3) is 0 Å². The van der Waals surface area contributed by atoms with Gasteiger partial charge in [0.1, 0.15) is 0 Å². The van der Waals surface area contributed by atoms with Crippen molar-refractivity contribution in [2.24, 2.45) is 0 Å². The second-order valence-corrected chi connectivity index (χ2v) is 8.93. The fraction of sp³-hybridized carbons (Fsp3) is 0.533. The van der Waals surface area contributed by atoms with E-state index in [4.69, 9.17) is 0 Å².